The number of aliphatic hydroxyl groups is 1. The number of carbonyl (C=O) groups excluding carboxylic acids is 4. The van der Waals surface area contributed by atoms with Crippen LogP contribution in [0.1, 0.15) is 111 Å². The number of halogens is 1. The number of esters is 1. The summed E-state index contributed by atoms with van der Waals surface area (Å²) < 4.78 is 34.7. The lowest BCUT2D eigenvalue weighted by atomic mass is 9.90. The lowest BCUT2D eigenvalue weighted by Gasteiger charge is -2.29. The first-order chi connectivity index (χ1) is 26.9. The minimum Gasteiger partial charge on any atom is -0.460 e. The predicted octanol–water partition coefficient (Wildman–Crippen LogP) is 6.78. The number of allylic oxidation sites excluding steroid dienone is 2. The number of benzene rings is 1. The highest BCUT2D eigenvalue weighted by Gasteiger charge is 2.61. The Bertz CT molecular complexity index is 2110. The van der Waals surface area contributed by atoms with Crippen LogP contribution in [-0.2, 0) is 33.9 Å². The van der Waals surface area contributed by atoms with Crippen molar-refractivity contribution in [1.82, 2.24) is 24.2 Å². The molecule has 2 aliphatic carbocycles. The number of aliphatic hydroxyl groups excluding tert-OH is 1. The molecule has 3 aromatic rings. The molecular weight excluding hydrogens is 790 g/mol. The number of sulfonamides is 1. The highest BCUT2D eigenvalue weighted by Crippen LogP contribution is 2.57. The molecule has 1 saturated heterocycles. The highest BCUT2D eigenvalue weighted by molar-refractivity contribution is 7.90. The van der Waals surface area contributed by atoms with Crippen molar-refractivity contribution in [3.63, 3.8) is 0 Å². The number of hydrogen-bond acceptors (Lipinski definition) is 11. The zero-order chi connectivity index (χ0) is 41.3. The number of imidazole rings is 1. The van der Waals surface area contributed by atoms with Crippen molar-refractivity contribution in [1.29, 1.82) is 0 Å². The third-order valence-electron chi connectivity index (χ3n) is 11.0. The Hall–Kier alpha value is -3.66. The molecule has 2 amide bonds. The molecule has 0 spiro atoms. The van der Waals surface area contributed by atoms with Gasteiger partial charge >= 0.3 is 5.97 Å². The summed E-state index contributed by atoms with van der Waals surface area (Å²) in [7, 11) is -3.78. The van der Waals surface area contributed by atoms with Gasteiger partial charge in [0.15, 0.2) is 5.78 Å². The molecule has 7 rings (SSSR count). The van der Waals surface area contributed by atoms with E-state index < -0.39 is 56.2 Å². The standard InChI is InChI=1S/C28H42N2O8S.C13H12ClN3S/c1-27(2,3)38-24(33)13-18-9-7-5-4-6-8-10-19-15-28(19,26(35)29-39(36,37)21-11-12-21)16-23(32)22-14-20(31)17-30(22)25(18)34;1-8(2)17-10-5-3-4-9(11(10)16-13(17)14)12-15-6-7-18-12/h8,10,18-22,31H,4-7,9,11-17H2,1-3H3,(H,29,35);3-8H,1-2H3/b10-8-;/t18-,19-,20-,22+,28-;/m1./s1. The van der Waals surface area contributed by atoms with E-state index in [1.807, 2.05) is 40.3 Å². The van der Waals surface area contributed by atoms with Crippen molar-refractivity contribution in [2.75, 3.05) is 6.54 Å². The number of rotatable bonds is 7. The van der Waals surface area contributed by atoms with Gasteiger partial charge in [-0.15, -0.1) is 11.3 Å². The monoisotopic (exact) mass is 843 g/mol. The van der Waals surface area contributed by atoms with Crippen molar-refractivity contribution >= 4 is 67.6 Å². The molecule has 4 heterocycles. The molecule has 2 aromatic heterocycles. The summed E-state index contributed by atoms with van der Waals surface area (Å²) in [5.41, 5.74) is 1.14. The largest absolute Gasteiger partial charge is 0.460 e. The van der Waals surface area contributed by atoms with Crippen LogP contribution in [0.3, 0.4) is 0 Å². The van der Waals surface area contributed by atoms with Crippen molar-refractivity contribution in [2.45, 2.75) is 134 Å². The molecule has 4 aliphatic rings. The van der Waals surface area contributed by atoms with Gasteiger partial charge < -0.3 is 19.3 Å². The Labute approximate surface area is 343 Å². The number of carbonyl (C=O) groups is 4. The molecule has 2 saturated carbocycles. The van der Waals surface area contributed by atoms with E-state index in [2.05, 4.69) is 28.5 Å². The lowest BCUT2D eigenvalue weighted by Crippen LogP contribution is -2.46. The highest BCUT2D eigenvalue weighted by atomic mass is 35.5. The molecule has 5 atom stereocenters. The summed E-state index contributed by atoms with van der Waals surface area (Å²) in [5, 5.41) is 13.4. The lowest BCUT2D eigenvalue weighted by molar-refractivity contribution is -0.159. The number of ether oxygens (including phenoxy) is 1. The maximum Gasteiger partial charge on any atom is 0.307 e. The summed E-state index contributed by atoms with van der Waals surface area (Å²) in [4.78, 5) is 63.5. The van der Waals surface area contributed by atoms with Gasteiger partial charge in [-0.25, -0.2) is 18.4 Å². The second kappa shape index (κ2) is 17.3. The quantitative estimate of drug-likeness (QED) is 0.190. The van der Waals surface area contributed by atoms with E-state index in [4.69, 9.17) is 16.3 Å². The number of Topliss-reactive ketones (excluding diaryl/α,β-unsaturated/α-hetero) is 1. The van der Waals surface area contributed by atoms with Gasteiger partial charge in [0.2, 0.25) is 27.1 Å². The van der Waals surface area contributed by atoms with E-state index in [1.165, 1.54) is 4.90 Å². The minimum absolute atomic E-state index is 0.0291. The number of nitrogens with one attached hydrogen (secondary N) is 1. The van der Waals surface area contributed by atoms with Crippen molar-refractivity contribution < 1.29 is 37.4 Å². The normalized spacial score (nSPS) is 26.4. The molecule has 57 heavy (non-hydrogen) atoms. The number of amides is 2. The van der Waals surface area contributed by atoms with E-state index in [0.29, 0.717) is 31.0 Å². The Kier molecular flexibility index (Phi) is 13.0. The third kappa shape index (κ3) is 10.1. The molecule has 16 heteroatoms. The molecule has 310 valence electrons. The molecule has 1 aromatic carbocycles. The molecule has 2 aliphatic heterocycles. The Balaban J connectivity index is 0.000000252. The van der Waals surface area contributed by atoms with E-state index in [9.17, 15) is 32.7 Å². The SMILES string of the molecule is CC(C)(C)OC(=O)C[C@H]1CCCCC/C=C\[C@@H]2C[C@@]2(C(=O)NS(=O)(=O)C2CC2)CC(=O)[C@@H]2C[C@@H](O)CN2C1=O.CC(C)n1c(Cl)nc2c(-c3nccs3)cccc21. The Morgan fingerprint density at radius 3 is 2.56 bits per heavy atom. The second-order valence-corrected chi connectivity index (χ2v) is 20.3. The molecule has 13 nitrogen and oxygen atoms in total. The number of aromatic nitrogens is 3. The molecule has 0 radical (unpaired) electrons. The number of thiazole rings is 1. The van der Waals surface area contributed by atoms with Crippen molar-refractivity contribution in [2.24, 2.45) is 17.3 Å². The molecule has 0 bridgehead atoms. The number of para-hydroxylation sites is 1. The van der Waals surface area contributed by atoms with E-state index in [-0.39, 0.29) is 49.5 Å². The van der Waals surface area contributed by atoms with Crippen molar-refractivity contribution in [3.05, 3.63) is 47.2 Å². The number of nitrogens with zero attached hydrogens (tertiary/aromatic N) is 4. The third-order valence-corrected chi connectivity index (χ3v) is 13.9. The summed E-state index contributed by atoms with van der Waals surface area (Å²) in [6.07, 6.45) is 9.52. The van der Waals surface area contributed by atoms with Crippen LogP contribution in [-0.4, -0.2) is 86.1 Å². The smallest absolute Gasteiger partial charge is 0.307 e. The van der Waals surface area contributed by atoms with Gasteiger partial charge in [-0.05, 0) is 103 Å². The van der Waals surface area contributed by atoms with Crippen molar-refractivity contribution in [3.8, 4) is 10.6 Å². The van der Waals surface area contributed by atoms with Crippen LogP contribution < -0.4 is 4.72 Å². The first-order valence-corrected chi connectivity index (χ1v) is 22.7. The average molecular weight is 844 g/mol. The average Bonchev–Trinajstić information content (AvgIpc) is 3.94. The maximum absolute atomic E-state index is 13.7. The van der Waals surface area contributed by atoms with Crippen LogP contribution in [0, 0.1) is 17.3 Å². The fourth-order valence-corrected chi connectivity index (χ4v) is 10.4. The predicted molar refractivity (Wildman–Crippen MR) is 219 cm³/mol. The van der Waals surface area contributed by atoms with Gasteiger partial charge in [0.1, 0.15) is 16.1 Å². The first kappa shape index (κ1) is 42.9. The summed E-state index contributed by atoms with van der Waals surface area (Å²) in [6, 6.07) is 5.46. The van der Waals surface area contributed by atoms with Gasteiger partial charge in [0.25, 0.3) is 0 Å². The van der Waals surface area contributed by atoms with Crippen LogP contribution in [0.4, 0.5) is 0 Å². The van der Waals surface area contributed by atoms with Gasteiger partial charge in [-0.2, -0.15) is 0 Å². The second-order valence-electron chi connectivity index (χ2n) is 17.1. The molecule has 2 N–H and O–H groups in total. The summed E-state index contributed by atoms with van der Waals surface area (Å²) in [5.74, 6) is -2.85. The maximum atomic E-state index is 13.7. The van der Waals surface area contributed by atoms with E-state index in [0.717, 1.165) is 47.3 Å². The number of hydrogen-bond donors (Lipinski definition) is 2. The fraction of sp³-hybridized carbons (Fsp3) is 0.610. The molecule has 0 unspecified atom stereocenters. The van der Waals surface area contributed by atoms with Crippen LogP contribution in [0.25, 0.3) is 21.6 Å². The minimum atomic E-state index is -3.78. The van der Waals surface area contributed by atoms with E-state index >= 15 is 0 Å². The zero-order valence-electron chi connectivity index (χ0n) is 33.3. The number of fused-ring (bicyclic) bond motifs is 3. The number of ketones is 1. The Morgan fingerprint density at radius 1 is 1.14 bits per heavy atom. The summed E-state index contributed by atoms with van der Waals surface area (Å²) >= 11 is 7.84. The van der Waals surface area contributed by atoms with Gasteiger partial charge in [0.05, 0.1) is 34.7 Å². The topological polar surface area (TPSA) is 178 Å². The zero-order valence-corrected chi connectivity index (χ0v) is 35.7. The molecular formula is C41H54ClN5O8S2. The van der Waals surface area contributed by atoms with Crippen LogP contribution in [0.2, 0.25) is 5.28 Å². The van der Waals surface area contributed by atoms with Gasteiger partial charge in [-0.3, -0.25) is 23.9 Å². The van der Waals surface area contributed by atoms with Crippen LogP contribution >= 0.6 is 22.9 Å². The fourth-order valence-electron chi connectivity index (χ4n) is 7.95. The van der Waals surface area contributed by atoms with Gasteiger partial charge in [-0.1, -0.05) is 31.1 Å². The van der Waals surface area contributed by atoms with Crippen LogP contribution in [0.15, 0.2) is 41.9 Å². The summed E-state index contributed by atoms with van der Waals surface area (Å²) in [6.45, 7) is 9.45. The Morgan fingerprint density at radius 2 is 1.89 bits per heavy atom. The van der Waals surface area contributed by atoms with E-state index in [1.54, 1.807) is 38.3 Å². The van der Waals surface area contributed by atoms with Gasteiger partial charge in [0, 0.05) is 48.5 Å². The first-order valence-electron chi connectivity index (χ1n) is 19.9. The molecule has 3 fully saturated rings. The van der Waals surface area contributed by atoms with Crippen LogP contribution in [0.5, 0.6) is 0 Å².